The van der Waals surface area contributed by atoms with Crippen molar-refractivity contribution in [2.75, 3.05) is 6.54 Å². The normalized spacial score (nSPS) is 20.1. The van der Waals surface area contributed by atoms with E-state index in [-0.39, 0.29) is 11.5 Å². The van der Waals surface area contributed by atoms with Crippen molar-refractivity contribution in [3.8, 4) is 0 Å². The van der Waals surface area contributed by atoms with Gasteiger partial charge in [0.15, 0.2) is 0 Å². The number of hydrogen-bond acceptors (Lipinski definition) is 4. The number of amides is 1. The van der Waals surface area contributed by atoms with Crippen LogP contribution in [0.1, 0.15) is 24.4 Å². The number of nitrogens with one attached hydrogen (secondary N) is 1. The largest absolute Gasteiger partial charge is 0.354 e. The van der Waals surface area contributed by atoms with Crippen LogP contribution in [0.25, 0.3) is 10.2 Å². The molecular weight excluding hydrogens is 250 g/mol. The van der Waals surface area contributed by atoms with Crippen LogP contribution in [0.5, 0.6) is 0 Å². The molecule has 1 fully saturated rings. The van der Waals surface area contributed by atoms with Gasteiger partial charge >= 0.3 is 0 Å². The number of fused-ring (bicyclic) bond motifs is 1. The molecule has 0 unspecified atom stereocenters. The Morgan fingerprint density at radius 3 is 3.11 bits per heavy atom. The summed E-state index contributed by atoms with van der Waals surface area (Å²) in [7, 11) is 0. The molecule has 0 spiro atoms. The van der Waals surface area contributed by atoms with Gasteiger partial charge in [0.05, 0.1) is 11.8 Å². The summed E-state index contributed by atoms with van der Waals surface area (Å²) in [5, 5.41) is 4.71. The second-order valence-electron chi connectivity index (χ2n) is 4.50. The monoisotopic (exact) mass is 263 g/mol. The maximum absolute atomic E-state index is 12.3. The number of piperidine rings is 1. The Balaban J connectivity index is 2.15. The topological polar surface area (TPSA) is 64.0 Å². The van der Waals surface area contributed by atoms with E-state index in [1.54, 1.807) is 0 Å². The molecule has 18 heavy (non-hydrogen) atoms. The van der Waals surface area contributed by atoms with Crippen molar-refractivity contribution in [3.05, 3.63) is 27.6 Å². The molecule has 2 aromatic heterocycles. The molecule has 2 aromatic rings. The molecule has 0 saturated carbocycles. The lowest BCUT2D eigenvalue weighted by Crippen LogP contribution is -2.41. The maximum Gasteiger partial charge on any atom is 0.272 e. The van der Waals surface area contributed by atoms with Crippen LogP contribution in [0.15, 0.2) is 16.5 Å². The lowest BCUT2D eigenvalue weighted by molar-refractivity contribution is -0.125. The predicted molar refractivity (Wildman–Crippen MR) is 69.9 cm³/mol. The zero-order valence-corrected chi connectivity index (χ0v) is 10.8. The summed E-state index contributed by atoms with van der Waals surface area (Å²) < 4.78 is 2.10. The van der Waals surface area contributed by atoms with E-state index in [1.807, 2.05) is 12.3 Å². The van der Waals surface area contributed by atoms with Gasteiger partial charge in [-0.15, -0.1) is 11.3 Å². The van der Waals surface area contributed by atoms with Crippen molar-refractivity contribution in [2.45, 2.75) is 25.8 Å². The minimum atomic E-state index is -0.412. The molecule has 1 aliphatic rings. The Morgan fingerprint density at radius 1 is 1.50 bits per heavy atom. The summed E-state index contributed by atoms with van der Waals surface area (Å²) in [6.07, 6.45) is 3.09. The highest BCUT2D eigenvalue weighted by atomic mass is 32.1. The number of aromatic nitrogens is 2. The highest BCUT2D eigenvalue weighted by Crippen LogP contribution is 2.22. The molecular formula is C12H13N3O2S. The van der Waals surface area contributed by atoms with E-state index in [4.69, 9.17) is 0 Å². The van der Waals surface area contributed by atoms with Gasteiger partial charge in [-0.2, -0.15) is 0 Å². The van der Waals surface area contributed by atoms with E-state index in [0.717, 1.165) is 17.5 Å². The number of rotatable bonds is 1. The molecule has 1 aliphatic heterocycles. The molecule has 0 aromatic carbocycles. The van der Waals surface area contributed by atoms with Crippen LogP contribution in [0.3, 0.4) is 0 Å². The van der Waals surface area contributed by atoms with Gasteiger partial charge < -0.3 is 5.32 Å². The van der Waals surface area contributed by atoms with Crippen LogP contribution in [0.4, 0.5) is 0 Å². The van der Waals surface area contributed by atoms with E-state index < -0.39 is 6.04 Å². The first kappa shape index (κ1) is 11.4. The number of thiophene rings is 1. The van der Waals surface area contributed by atoms with Gasteiger partial charge in [-0.25, -0.2) is 4.98 Å². The molecule has 3 rings (SSSR count). The summed E-state index contributed by atoms with van der Waals surface area (Å²) in [6.45, 7) is 2.63. The third-order valence-corrected chi connectivity index (χ3v) is 4.35. The molecule has 1 amide bonds. The zero-order chi connectivity index (χ0) is 12.7. The van der Waals surface area contributed by atoms with Crippen molar-refractivity contribution in [1.82, 2.24) is 14.9 Å². The fraction of sp³-hybridized carbons (Fsp3) is 0.417. The third-order valence-electron chi connectivity index (χ3n) is 3.27. The van der Waals surface area contributed by atoms with Crippen molar-refractivity contribution in [1.29, 1.82) is 0 Å². The fourth-order valence-corrected chi connectivity index (χ4v) is 3.22. The summed E-state index contributed by atoms with van der Waals surface area (Å²) in [4.78, 5) is 28.4. The van der Waals surface area contributed by atoms with E-state index in [0.29, 0.717) is 17.7 Å². The SMILES string of the molecule is Cc1csc2c(=O)n([C@@H]3CCCNC3=O)cnc12. The van der Waals surface area contributed by atoms with E-state index >= 15 is 0 Å². The minimum Gasteiger partial charge on any atom is -0.354 e. The Bertz CT molecular complexity index is 674. The van der Waals surface area contributed by atoms with E-state index in [1.165, 1.54) is 22.2 Å². The Morgan fingerprint density at radius 2 is 2.33 bits per heavy atom. The van der Waals surface area contributed by atoms with Gasteiger partial charge in [0.25, 0.3) is 5.56 Å². The lowest BCUT2D eigenvalue weighted by Gasteiger charge is -2.23. The molecule has 6 heteroatoms. The summed E-state index contributed by atoms with van der Waals surface area (Å²) >= 11 is 1.39. The molecule has 3 heterocycles. The van der Waals surface area contributed by atoms with E-state index in [9.17, 15) is 9.59 Å². The highest BCUT2D eigenvalue weighted by Gasteiger charge is 2.25. The average molecular weight is 263 g/mol. The molecule has 5 nitrogen and oxygen atoms in total. The van der Waals surface area contributed by atoms with Crippen molar-refractivity contribution in [2.24, 2.45) is 0 Å². The van der Waals surface area contributed by atoms with Gasteiger partial charge in [0.2, 0.25) is 5.91 Å². The van der Waals surface area contributed by atoms with Crippen LogP contribution < -0.4 is 10.9 Å². The number of carbonyl (C=O) groups excluding carboxylic acids is 1. The number of hydrogen-bond donors (Lipinski definition) is 1. The average Bonchev–Trinajstić information content (AvgIpc) is 2.74. The van der Waals surface area contributed by atoms with Gasteiger partial charge in [-0.3, -0.25) is 14.2 Å². The number of aryl methyl sites for hydroxylation is 1. The van der Waals surface area contributed by atoms with Gasteiger partial charge in [-0.1, -0.05) is 0 Å². The second kappa shape index (κ2) is 4.20. The van der Waals surface area contributed by atoms with Crippen LogP contribution >= 0.6 is 11.3 Å². The zero-order valence-electron chi connectivity index (χ0n) is 9.97. The first-order valence-corrected chi connectivity index (χ1v) is 6.79. The van der Waals surface area contributed by atoms with Gasteiger partial charge in [0, 0.05) is 6.54 Å². The maximum atomic E-state index is 12.3. The Kier molecular flexibility index (Phi) is 2.66. The number of nitrogens with zero attached hydrogens (tertiary/aromatic N) is 2. The van der Waals surface area contributed by atoms with Crippen molar-refractivity contribution < 1.29 is 4.79 Å². The lowest BCUT2D eigenvalue weighted by atomic mass is 10.1. The smallest absolute Gasteiger partial charge is 0.272 e. The molecule has 1 N–H and O–H groups in total. The van der Waals surface area contributed by atoms with Crippen molar-refractivity contribution >= 4 is 27.5 Å². The van der Waals surface area contributed by atoms with Crippen LogP contribution in [-0.4, -0.2) is 22.0 Å². The standard InChI is InChI=1S/C12H13N3O2S/c1-7-5-18-10-9(7)14-6-15(12(10)17)8-3-2-4-13-11(8)16/h5-6,8H,2-4H2,1H3,(H,13,16)/t8-/m1/s1. The highest BCUT2D eigenvalue weighted by molar-refractivity contribution is 7.17. The Labute approximate surface area is 107 Å². The summed E-state index contributed by atoms with van der Waals surface area (Å²) in [6, 6.07) is -0.412. The van der Waals surface area contributed by atoms with Gasteiger partial charge in [-0.05, 0) is 30.7 Å². The number of carbonyl (C=O) groups is 1. The molecule has 1 saturated heterocycles. The van der Waals surface area contributed by atoms with Crippen LogP contribution in [0, 0.1) is 6.92 Å². The molecule has 1 atom stereocenters. The van der Waals surface area contributed by atoms with Gasteiger partial charge in [0.1, 0.15) is 10.7 Å². The van der Waals surface area contributed by atoms with Crippen molar-refractivity contribution in [3.63, 3.8) is 0 Å². The quantitative estimate of drug-likeness (QED) is 0.841. The summed E-state index contributed by atoms with van der Waals surface area (Å²) in [5.41, 5.74) is 1.64. The van der Waals surface area contributed by atoms with Crippen LogP contribution in [0.2, 0.25) is 0 Å². The summed E-state index contributed by atoms with van der Waals surface area (Å²) in [5.74, 6) is -0.0854. The Hall–Kier alpha value is -1.69. The second-order valence-corrected chi connectivity index (χ2v) is 5.38. The molecule has 0 aliphatic carbocycles. The minimum absolute atomic E-state index is 0.0854. The third kappa shape index (κ3) is 1.64. The molecule has 94 valence electrons. The van der Waals surface area contributed by atoms with E-state index in [2.05, 4.69) is 10.3 Å². The first-order chi connectivity index (χ1) is 8.68. The molecule has 0 radical (unpaired) electrons. The molecule has 0 bridgehead atoms. The van der Waals surface area contributed by atoms with Crippen LogP contribution in [-0.2, 0) is 4.79 Å². The first-order valence-electron chi connectivity index (χ1n) is 5.91. The predicted octanol–water partition coefficient (Wildman–Crippen LogP) is 1.22. The fourth-order valence-electron chi connectivity index (χ4n) is 2.28.